The van der Waals surface area contributed by atoms with E-state index in [1.807, 2.05) is 36.7 Å². The monoisotopic (exact) mass is 372 g/mol. The van der Waals surface area contributed by atoms with Gasteiger partial charge in [0.1, 0.15) is 0 Å². The maximum atomic E-state index is 12.4. The molecule has 2 N–H and O–H groups in total. The highest BCUT2D eigenvalue weighted by molar-refractivity contribution is 7.17. The van der Waals surface area contributed by atoms with Crippen LogP contribution in [0.4, 0.5) is 5.13 Å². The van der Waals surface area contributed by atoms with Crippen molar-refractivity contribution in [1.29, 1.82) is 0 Å². The van der Waals surface area contributed by atoms with E-state index in [4.69, 9.17) is 5.73 Å². The number of nitrogens with zero attached hydrogens (tertiary/aromatic N) is 3. The predicted molar refractivity (Wildman–Crippen MR) is 104 cm³/mol. The molecule has 0 aliphatic rings. The maximum Gasteiger partial charge on any atom is 0.222 e. The lowest BCUT2D eigenvalue weighted by Crippen LogP contribution is -2.29. The van der Waals surface area contributed by atoms with Gasteiger partial charge in [0.2, 0.25) is 5.91 Å². The highest BCUT2D eigenvalue weighted by Crippen LogP contribution is 2.33. The Morgan fingerprint density at radius 3 is 2.76 bits per heavy atom. The first-order valence-electron chi connectivity index (χ1n) is 8.05. The molecule has 1 amide bonds. The van der Waals surface area contributed by atoms with Crippen LogP contribution in [-0.2, 0) is 17.6 Å². The van der Waals surface area contributed by atoms with Gasteiger partial charge in [-0.3, -0.25) is 9.78 Å². The quantitative estimate of drug-likeness (QED) is 0.689. The number of carbonyl (C=O) groups is 1. The van der Waals surface area contributed by atoms with Gasteiger partial charge in [-0.2, -0.15) is 0 Å². The number of hydrogen-bond acceptors (Lipinski definition) is 6. The van der Waals surface area contributed by atoms with Crippen molar-refractivity contribution < 1.29 is 4.79 Å². The van der Waals surface area contributed by atoms with Crippen LogP contribution in [-0.4, -0.2) is 34.4 Å². The summed E-state index contributed by atoms with van der Waals surface area (Å²) in [4.78, 5) is 24.8. The van der Waals surface area contributed by atoms with E-state index < -0.39 is 0 Å². The van der Waals surface area contributed by atoms with Gasteiger partial charge in [-0.25, -0.2) is 4.98 Å². The topological polar surface area (TPSA) is 72.1 Å². The molecule has 0 aliphatic heterocycles. The number of thiazole rings is 1. The third kappa shape index (κ3) is 4.64. The number of aryl methyl sites for hydroxylation is 1. The Hall–Kier alpha value is -2.25. The van der Waals surface area contributed by atoms with Crippen LogP contribution in [0.2, 0.25) is 0 Å². The van der Waals surface area contributed by atoms with Crippen molar-refractivity contribution in [3.05, 3.63) is 52.5 Å². The minimum Gasteiger partial charge on any atom is -0.375 e. The van der Waals surface area contributed by atoms with Gasteiger partial charge in [-0.15, -0.1) is 22.7 Å². The smallest absolute Gasteiger partial charge is 0.222 e. The van der Waals surface area contributed by atoms with Gasteiger partial charge < -0.3 is 10.6 Å². The van der Waals surface area contributed by atoms with E-state index >= 15 is 0 Å². The number of carbonyl (C=O) groups excluding carboxylic acids is 1. The zero-order chi connectivity index (χ0) is 17.6. The average Bonchev–Trinajstić information content (AvgIpc) is 3.27. The zero-order valence-corrected chi connectivity index (χ0v) is 15.6. The van der Waals surface area contributed by atoms with E-state index in [-0.39, 0.29) is 5.91 Å². The molecule has 0 spiro atoms. The Kier molecular flexibility index (Phi) is 5.78. The summed E-state index contributed by atoms with van der Waals surface area (Å²) in [5.74, 6) is 0.137. The molecular weight excluding hydrogens is 352 g/mol. The van der Waals surface area contributed by atoms with Crippen LogP contribution in [0.1, 0.15) is 16.9 Å². The number of nitrogen functional groups attached to an aromatic ring is 1. The molecule has 0 saturated carbocycles. The highest BCUT2D eigenvalue weighted by Gasteiger charge is 2.15. The lowest BCUT2D eigenvalue weighted by molar-refractivity contribution is -0.129. The van der Waals surface area contributed by atoms with Gasteiger partial charge in [-0.1, -0.05) is 6.07 Å². The van der Waals surface area contributed by atoms with Gasteiger partial charge >= 0.3 is 0 Å². The van der Waals surface area contributed by atoms with Gasteiger partial charge in [0.25, 0.3) is 0 Å². The average molecular weight is 373 g/mol. The molecule has 5 nitrogen and oxygen atoms in total. The Morgan fingerprint density at radius 2 is 2.04 bits per heavy atom. The van der Waals surface area contributed by atoms with E-state index in [9.17, 15) is 4.79 Å². The molecule has 3 heterocycles. The number of nitrogens with two attached hydrogens (primary N) is 1. The largest absolute Gasteiger partial charge is 0.375 e. The summed E-state index contributed by atoms with van der Waals surface area (Å²) in [5.41, 5.74) is 7.98. The van der Waals surface area contributed by atoms with Gasteiger partial charge in [-0.05, 0) is 42.0 Å². The van der Waals surface area contributed by atoms with E-state index in [1.165, 1.54) is 16.9 Å². The van der Waals surface area contributed by atoms with Crippen LogP contribution in [0.15, 0.2) is 42.0 Å². The number of aromatic nitrogens is 2. The molecule has 0 fully saturated rings. The predicted octanol–water partition coefficient (Wildman–Crippen LogP) is 3.48. The summed E-state index contributed by atoms with van der Waals surface area (Å²) in [5, 5.41) is 2.57. The summed E-state index contributed by atoms with van der Waals surface area (Å²) in [7, 11) is 1.85. The number of anilines is 1. The van der Waals surface area contributed by atoms with Gasteiger partial charge in [0.05, 0.1) is 10.6 Å². The second-order valence-electron chi connectivity index (χ2n) is 5.72. The first kappa shape index (κ1) is 17.6. The Labute approximate surface area is 155 Å². The number of thiophene rings is 1. The minimum atomic E-state index is 0.137. The van der Waals surface area contributed by atoms with Crippen LogP contribution < -0.4 is 5.73 Å². The molecule has 0 aliphatic carbocycles. The normalized spacial score (nSPS) is 10.8. The molecule has 3 rings (SSSR count). The summed E-state index contributed by atoms with van der Waals surface area (Å²) < 4.78 is 0. The fraction of sp³-hybridized carbons (Fsp3) is 0.278. The van der Waals surface area contributed by atoms with Gasteiger partial charge in [0.15, 0.2) is 5.13 Å². The molecule has 0 saturated heterocycles. The number of likely N-dealkylation sites (N-methyl/N-ethyl adjacent to an activating group) is 1. The second kappa shape index (κ2) is 8.22. The Morgan fingerprint density at radius 1 is 1.24 bits per heavy atom. The Balaban J connectivity index is 1.55. The van der Waals surface area contributed by atoms with Crippen LogP contribution in [0.25, 0.3) is 10.6 Å². The molecular formula is C18H20N4OS2. The van der Waals surface area contributed by atoms with E-state index in [2.05, 4.69) is 9.97 Å². The molecule has 0 unspecified atom stereocenters. The summed E-state index contributed by atoms with van der Waals surface area (Å²) >= 11 is 3.11. The van der Waals surface area contributed by atoms with Crippen LogP contribution in [0, 0.1) is 0 Å². The lowest BCUT2D eigenvalue weighted by Gasteiger charge is -2.17. The molecule has 3 aromatic heterocycles. The molecule has 25 heavy (non-hydrogen) atoms. The third-order valence-corrected chi connectivity index (χ3v) is 5.77. The summed E-state index contributed by atoms with van der Waals surface area (Å²) in [6, 6.07) is 7.99. The van der Waals surface area contributed by atoms with Crippen LogP contribution in [0.3, 0.4) is 0 Å². The van der Waals surface area contributed by atoms with E-state index in [0.717, 1.165) is 21.9 Å². The van der Waals surface area contributed by atoms with Crippen molar-refractivity contribution in [3.8, 4) is 10.6 Å². The van der Waals surface area contributed by atoms with Gasteiger partial charge in [0, 0.05) is 37.3 Å². The first-order valence-corrected chi connectivity index (χ1v) is 9.75. The van der Waals surface area contributed by atoms with Crippen LogP contribution >= 0.6 is 22.7 Å². The van der Waals surface area contributed by atoms with E-state index in [1.54, 1.807) is 28.6 Å². The molecule has 7 heteroatoms. The summed E-state index contributed by atoms with van der Waals surface area (Å²) in [6.45, 7) is 0.700. The number of pyridine rings is 1. The number of hydrogen-bond donors (Lipinski definition) is 1. The maximum absolute atomic E-state index is 12.4. The van der Waals surface area contributed by atoms with Crippen molar-refractivity contribution >= 4 is 33.7 Å². The minimum absolute atomic E-state index is 0.137. The Bertz CT molecular complexity index is 815. The molecule has 3 aromatic rings. The first-order chi connectivity index (χ1) is 12.1. The standard InChI is InChI=1S/C18H20N4OS2/c1-22(11-8-13-6-9-20-10-7-13)16(23)5-4-15-17(21-18(19)25-15)14-3-2-12-24-14/h2-3,6-7,9-10,12H,4-5,8,11H2,1H3,(H2,19,21). The SMILES string of the molecule is CN(CCc1ccncc1)C(=O)CCc1sc(N)nc1-c1cccs1. The fourth-order valence-corrected chi connectivity index (χ4v) is 4.18. The van der Waals surface area contributed by atoms with Crippen molar-refractivity contribution in [2.45, 2.75) is 19.3 Å². The number of amides is 1. The second-order valence-corrected chi connectivity index (χ2v) is 7.78. The molecule has 130 valence electrons. The molecule has 0 atom stereocenters. The summed E-state index contributed by atoms with van der Waals surface area (Å²) in [6.07, 6.45) is 5.51. The number of rotatable bonds is 7. The van der Waals surface area contributed by atoms with Crippen LogP contribution in [0.5, 0.6) is 0 Å². The fourth-order valence-electron chi connectivity index (χ4n) is 2.53. The third-order valence-electron chi connectivity index (χ3n) is 3.95. The highest BCUT2D eigenvalue weighted by atomic mass is 32.1. The molecule has 0 radical (unpaired) electrons. The molecule has 0 bridgehead atoms. The van der Waals surface area contributed by atoms with Crippen molar-refractivity contribution in [3.63, 3.8) is 0 Å². The molecule has 0 aromatic carbocycles. The van der Waals surface area contributed by atoms with E-state index in [0.29, 0.717) is 24.5 Å². The van der Waals surface area contributed by atoms with Crippen molar-refractivity contribution in [1.82, 2.24) is 14.9 Å². The van der Waals surface area contributed by atoms with Crippen molar-refractivity contribution in [2.75, 3.05) is 19.3 Å². The lowest BCUT2D eigenvalue weighted by atomic mass is 10.1. The van der Waals surface area contributed by atoms with Crippen molar-refractivity contribution in [2.24, 2.45) is 0 Å². The zero-order valence-electron chi connectivity index (χ0n) is 14.0.